The number of rotatable bonds is 0. The predicted octanol–water partition coefficient (Wildman–Crippen LogP) is 2.49. The van der Waals surface area contributed by atoms with E-state index in [-0.39, 0.29) is 0 Å². The highest BCUT2D eigenvalue weighted by molar-refractivity contribution is 5.72. The summed E-state index contributed by atoms with van der Waals surface area (Å²) in [7, 11) is 0. The van der Waals surface area contributed by atoms with Crippen LogP contribution in [0.1, 0.15) is 0 Å². The van der Waals surface area contributed by atoms with E-state index in [9.17, 15) is 0 Å². The molecule has 2 rings (SSSR count). The third kappa shape index (κ3) is 1.17. The van der Waals surface area contributed by atoms with Crippen molar-refractivity contribution < 1.29 is 0 Å². The molecule has 11 heavy (non-hydrogen) atoms. The molecule has 0 fully saturated rings. The molecule has 0 aromatic heterocycles. The molecule has 1 heterocycles. The number of para-hydroxylation sites is 1. The van der Waals surface area contributed by atoms with Crippen LogP contribution in [0.25, 0.3) is 0 Å². The van der Waals surface area contributed by atoms with Crippen LogP contribution < -0.4 is 0 Å². The zero-order valence-electron chi connectivity index (χ0n) is 5.94. The molecule has 0 unspecified atom stereocenters. The molecule has 0 spiro atoms. The summed E-state index contributed by atoms with van der Waals surface area (Å²) in [5, 5.41) is 7.87. The van der Waals surface area contributed by atoms with Gasteiger partial charge in [0.25, 0.3) is 0 Å². The fourth-order valence-corrected chi connectivity index (χ4v) is 0.951. The van der Waals surface area contributed by atoms with E-state index in [1.165, 1.54) is 0 Å². The molecule has 1 aromatic rings. The predicted molar refractivity (Wildman–Crippen MR) is 44.0 cm³/mol. The summed E-state index contributed by atoms with van der Waals surface area (Å²) in [6.45, 7) is 0.578. The van der Waals surface area contributed by atoms with E-state index in [0.29, 0.717) is 6.54 Å². The lowest BCUT2D eigenvalue weighted by atomic mass is 10.3. The highest BCUT2D eigenvalue weighted by Gasteiger charge is 1.98. The van der Waals surface area contributed by atoms with E-state index in [1.807, 2.05) is 24.3 Å². The van der Waals surface area contributed by atoms with Crippen LogP contribution in [0.2, 0.25) is 0 Å². The van der Waals surface area contributed by atoms with Crippen LogP contribution in [-0.2, 0) is 0 Å². The Bertz CT molecular complexity index is 284. The standard InChI is InChI=1S/C8H7N3/c1-2-4-8-7(3-1)9-5-6-10-11-8/h1-5H,6H2. The molecule has 0 atom stereocenters. The van der Waals surface area contributed by atoms with E-state index in [1.54, 1.807) is 6.21 Å². The molecule has 1 aromatic carbocycles. The maximum absolute atomic E-state index is 4.17. The fourth-order valence-electron chi connectivity index (χ4n) is 0.951. The third-order valence-electron chi connectivity index (χ3n) is 1.45. The molecule has 0 saturated carbocycles. The Labute approximate surface area is 64.5 Å². The molecule has 0 amide bonds. The molecular weight excluding hydrogens is 138 g/mol. The number of aliphatic imine (C=N–C) groups is 1. The van der Waals surface area contributed by atoms with Crippen molar-refractivity contribution in [3.8, 4) is 0 Å². The van der Waals surface area contributed by atoms with E-state index in [2.05, 4.69) is 15.2 Å². The zero-order chi connectivity index (χ0) is 7.52. The summed E-state index contributed by atoms with van der Waals surface area (Å²) >= 11 is 0. The van der Waals surface area contributed by atoms with Gasteiger partial charge < -0.3 is 0 Å². The number of nitrogens with zero attached hydrogens (tertiary/aromatic N) is 3. The van der Waals surface area contributed by atoms with Crippen molar-refractivity contribution in [2.75, 3.05) is 6.54 Å². The van der Waals surface area contributed by atoms with Crippen LogP contribution in [0.5, 0.6) is 0 Å². The van der Waals surface area contributed by atoms with Gasteiger partial charge in [0.15, 0.2) is 0 Å². The number of benzene rings is 1. The molecule has 3 heteroatoms. The van der Waals surface area contributed by atoms with Gasteiger partial charge in [-0.15, -0.1) is 0 Å². The first-order chi connectivity index (χ1) is 5.47. The Hall–Kier alpha value is -1.51. The van der Waals surface area contributed by atoms with Gasteiger partial charge in [0.1, 0.15) is 5.69 Å². The monoisotopic (exact) mass is 145 g/mol. The van der Waals surface area contributed by atoms with Gasteiger partial charge in [-0.2, -0.15) is 10.2 Å². The highest BCUT2D eigenvalue weighted by Crippen LogP contribution is 2.27. The topological polar surface area (TPSA) is 37.1 Å². The van der Waals surface area contributed by atoms with E-state index >= 15 is 0 Å². The number of hydrogen-bond donors (Lipinski definition) is 0. The second-order valence-corrected chi connectivity index (χ2v) is 2.22. The van der Waals surface area contributed by atoms with Crippen molar-refractivity contribution in [3.63, 3.8) is 0 Å². The van der Waals surface area contributed by atoms with Crippen molar-refractivity contribution in [2.45, 2.75) is 0 Å². The Kier molecular flexibility index (Phi) is 1.48. The molecule has 0 aliphatic carbocycles. The SMILES string of the molecule is C1=Nc2ccccc2N=NC1. The van der Waals surface area contributed by atoms with E-state index < -0.39 is 0 Å². The average Bonchev–Trinajstić information content (AvgIpc) is 2.28. The van der Waals surface area contributed by atoms with Crippen molar-refractivity contribution >= 4 is 17.6 Å². The summed E-state index contributed by atoms with van der Waals surface area (Å²) in [4.78, 5) is 4.17. The molecule has 1 aliphatic rings. The van der Waals surface area contributed by atoms with Crippen molar-refractivity contribution in [3.05, 3.63) is 24.3 Å². The minimum Gasteiger partial charge on any atom is -0.257 e. The molecule has 54 valence electrons. The van der Waals surface area contributed by atoms with Crippen LogP contribution in [0.15, 0.2) is 39.5 Å². The second kappa shape index (κ2) is 2.62. The first-order valence-electron chi connectivity index (χ1n) is 3.46. The molecule has 0 saturated heterocycles. The van der Waals surface area contributed by atoms with Gasteiger partial charge in [0.2, 0.25) is 0 Å². The Balaban J connectivity index is 2.58. The highest BCUT2D eigenvalue weighted by atomic mass is 15.1. The zero-order valence-corrected chi connectivity index (χ0v) is 5.94. The minimum atomic E-state index is 0.578. The van der Waals surface area contributed by atoms with Gasteiger partial charge in [-0.25, -0.2) is 0 Å². The summed E-state index contributed by atoms with van der Waals surface area (Å²) < 4.78 is 0. The van der Waals surface area contributed by atoms with Crippen molar-refractivity contribution in [2.24, 2.45) is 15.2 Å². The summed E-state index contributed by atoms with van der Waals surface area (Å²) in [6.07, 6.45) is 1.76. The van der Waals surface area contributed by atoms with Gasteiger partial charge in [-0.1, -0.05) is 12.1 Å². The summed E-state index contributed by atoms with van der Waals surface area (Å²) in [6, 6.07) is 7.70. The lowest BCUT2D eigenvalue weighted by Crippen LogP contribution is -1.73. The first-order valence-corrected chi connectivity index (χ1v) is 3.46. The summed E-state index contributed by atoms with van der Waals surface area (Å²) in [5.74, 6) is 0. The largest absolute Gasteiger partial charge is 0.257 e. The lowest BCUT2D eigenvalue weighted by Gasteiger charge is -1.93. The Morgan fingerprint density at radius 1 is 1.09 bits per heavy atom. The maximum Gasteiger partial charge on any atom is 0.111 e. The van der Waals surface area contributed by atoms with Gasteiger partial charge in [-0.3, -0.25) is 4.99 Å². The lowest BCUT2D eigenvalue weighted by molar-refractivity contribution is 1.13. The Morgan fingerprint density at radius 2 is 1.91 bits per heavy atom. The summed E-state index contributed by atoms with van der Waals surface area (Å²) in [5.41, 5.74) is 1.75. The van der Waals surface area contributed by atoms with Crippen molar-refractivity contribution in [1.82, 2.24) is 0 Å². The van der Waals surface area contributed by atoms with Gasteiger partial charge >= 0.3 is 0 Å². The van der Waals surface area contributed by atoms with Crippen LogP contribution in [0, 0.1) is 0 Å². The van der Waals surface area contributed by atoms with Gasteiger partial charge in [0, 0.05) is 6.21 Å². The van der Waals surface area contributed by atoms with Gasteiger partial charge in [-0.05, 0) is 12.1 Å². The number of azo groups is 1. The Morgan fingerprint density at radius 3 is 2.82 bits per heavy atom. The fraction of sp³-hybridized carbons (Fsp3) is 0.125. The first kappa shape index (κ1) is 6.22. The number of fused-ring (bicyclic) bond motifs is 1. The number of hydrogen-bond acceptors (Lipinski definition) is 3. The third-order valence-corrected chi connectivity index (χ3v) is 1.45. The van der Waals surface area contributed by atoms with Crippen molar-refractivity contribution in [1.29, 1.82) is 0 Å². The van der Waals surface area contributed by atoms with Crippen LogP contribution in [0.4, 0.5) is 11.4 Å². The average molecular weight is 145 g/mol. The quantitative estimate of drug-likeness (QED) is 0.537. The maximum atomic E-state index is 4.17. The molecule has 0 N–H and O–H groups in total. The second-order valence-electron chi connectivity index (χ2n) is 2.22. The normalized spacial score (nSPS) is 14.2. The molecule has 3 nitrogen and oxygen atoms in total. The molecule has 0 radical (unpaired) electrons. The smallest absolute Gasteiger partial charge is 0.111 e. The van der Waals surface area contributed by atoms with Crippen LogP contribution in [0.3, 0.4) is 0 Å². The van der Waals surface area contributed by atoms with Crippen LogP contribution >= 0.6 is 0 Å². The minimum absolute atomic E-state index is 0.578. The molecule has 0 bridgehead atoms. The van der Waals surface area contributed by atoms with Crippen LogP contribution in [-0.4, -0.2) is 12.8 Å². The molecular formula is C8H7N3. The van der Waals surface area contributed by atoms with E-state index in [4.69, 9.17) is 0 Å². The van der Waals surface area contributed by atoms with E-state index in [0.717, 1.165) is 11.4 Å². The molecule has 1 aliphatic heterocycles. The van der Waals surface area contributed by atoms with Gasteiger partial charge in [0.05, 0.1) is 12.2 Å².